The minimum Gasteiger partial charge on any atom is -0.440 e. The molecule has 0 radical (unpaired) electrons. The summed E-state index contributed by atoms with van der Waals surface area (Å²) in [5.74, 6) is 0.667. The average Bonchev–Trinajstić information content (AvgIpc) is 2.58. The molecular formula is C10H17NO2S. The van der Waals surface area contributed by atoms with Crippen molar-refractivity contribution in [2.24, 2.45) is 0 Å². The van der Waals surface area contributed by atoms with Crippen LogP contribution in [0.3, 0.4) is 0 Å². The zero-order valence-electron chi connectivity index (χ0n) is 8.69. The standard InChI is InChI=1S/C10H17NO2S/c1-3-4-5-9(12)7-14-10-11-8(2)6-13-10/h6,9,12H,3-5,7H2,1-2H3. The molecule has 80 valence electrons. The highest BCUT2D eigenvalue weighted by Crippen LogP contribution is 2.19. The van der Waals surface area contributed by atoms with Crippen LogP contribution in [0, 0.1) is 6.92 Å². The highest BCUT2D eigenvalue weighted by Gasteiger charge is 2.07. The molecule has 0 spiro atoms. The molecule has 1 atom stereocenters. The van der Waals surface area contributed by atoms with Gasteiger partial charge in [0.15, 0.2) is 0 Å². The van der Waals surface area contributed by atoms with Gasteiger partial charge in [-0.25, -0.2) is 4.98 Å². The Morgan fingerprint density at radius 3 is 3.00 bits per heavy atom. The summed E-state index contributed by atoms with van der Waals surface area (Å²) in [5, 5.41) is 10.2. The zero-order chi connectivity index (χ0) is 10.4. The van der Waals surface area contributed by atoms with Crippen LogP contribution in [0.4, 0.5) is 0 Å². The number of hydrogen-bond donors (Lipinski definition) is 1. The zero-order valence-corrected chi connectivity index (χ0v) is 9.51. The lowest BCUT2D eigenvalue weighted by atomic mass is 10.2. The summed E-state index contributed by atoms with van der Waals surface area (Å²) < 4.78 is 5.16. The molecule has 1 N–H and O–H groups in total. The monoisotopic (exact) mass is 215 g/mol. The molecule has 1 rings (SSSR count). The molecule has 4 heteroatoms. The van der Waals surface area contributed by atoms with Crippen LogP contribution in [0.25, 0.3) is 0 Å². The summed E-state index contributed by atoms with van der Waals surface area (Å²) in [6, 6.07) is 0. The van der Waals surface area contributed by atoms with Crippen molar-refractivity contribution in [2.45, 2.75) is 44.4 Å². The van der Waals surface area contributed by atoms with E-state index in [1.54, 1.807) is 6.26 Å². The lowest BCUT2D eigenvalue weighted by molar-refractivity contribution is 0.185. The molecule has 0 aliphatic carbocycles. The first-order valence-electron chi connectivity index (χ1n) is 4.95. The van der Waals surface area contributed by atoms with E-state index in [0.29, 0.717) is 11.0 Å². The van der Waals surface area contributed by atoms with Gasteiger partial charge in [-0.2, -0.15) is 0 Å². The molecule has 1 aromatic rings. The Morgan fingerprint density at radius 2 is 2.43 bits per heavy atom. The van der Waals surface area contributed by atoms with Crippen molar-refractivity contribution < 1.29 is 9.52 Å². The maximum Gasteiger partial charge on any atom is 0.255 e. The van der Waals surface area contributed by atoms with E-state index in [1.165, 1.54) is 11.8 Å². The van der Waals surface area contributed by atoms with Gasteiger partial charge in [0.05, 0.1) is 11.8 Å². The molecule has 0 amide bonds. The summed E-state index contributed by atoms with van der Waals surface area (Å²) in [6.07, 6.45) is 4.45. The number of aromatic nitrogens is 1. The van der Waals surface area contributed by atoms with Gasteiger partial charge in [-0.3, -0.25) is 0 Å². The molecule has 0 aliphatic heterocycles. The number of unbranched alkanes of at least 4 members (excludes halogenated alkanes) is 1. The van der Waals surface area contributed by atoms with Crippen molar-refractivity contribution in [1.82, 2.24) is 4.98 Å². The van der Waals surface area contributed by atoms with Crippen molar-refractivity contribution in [1.29, 1.82) is 0 Å². The van der Waals surface area contributed by atoms with E-state index in [-0.39, 0.29) is 6.10 Å². The van der Waals surface area contributed by atoms with Crippen LogP contribution in [-0.4, -0.2) is 21.9 Å². The van der Waals surface area contributed by atoms with Crippen LogP contribution >= 0.6 is 11.8 Å². The predicted octanol–water partition coefficient (Wildman–Crippen LogP) is 2.63. The second kappa shape index (κ2) is 6.09. The summed E-state index contributed by atoms with van der Waals surface area (Å²) in [5.41, 5.74) is 0.885. The number of aryl methyl sites for hydroxylation is 1. The molecule has 14 heavy (non-hydrogen) atoms. The minimum absolute atomic E-state index is 0.243. The number of hydrogen-bond acceptors (Lipinski definition) is 4. The van der Waals surface area contributed by atoms with Gasteiger partial charge < -0.3 is 9.52 Å². The van der Waals surface area contributed by atoms with Crippen molar-refractivity contribution in [3.05, 3.63) is 12.0 Å². The number of aliphatic hydroxyl groups excluding tert-OH is 1. The predicted molar refractivity (Wildman–Crippen MR) is 57.5 cm³/mol. The minimum atomic E-state index is -0.243. The second-order valence-corrected chi connectivity index (χ2v) is 4.33. The van der Waals surface area contributed by atoms with Gasteiger partial charge in [0.2, 0.25) is 0 Å². The first kappa shape index (κ1) is 11.6. The van der Waals surface area contributed by atoms with Gasteiger partial charge in [-0.15, -0.1) is 0 Å². The highest BCUT2D eigenvalue weighted by atomic mass is 32.2. The summed E-state index contributed by atoms with van der Waals surface area (Å²) >= 11 is 1.47. The third-order valence-electron chi connectivity index (χ3n) is 1.89. The van der Waals surface area contributed by atoms with E-state index in [2.05, 4.69) is 11.9 Å². The van der Waals surface area contributed by atoms with Gasteiger partial charge in [0.25, 0.3) is 5.22 Å². The summed E-state index contributed by atoms with van der Waals surface area (Å²) in [7, 11) is 0. The fourth-order valence-corrected chi connectivity index (χ4v) is 1.92. The molecule has 1 heterocycles. The lowest BCUT2D eigenvalue weighted by Crippen LogP contribution is -2.09. The lowest BCUT2D eigenvalue weighted by Gasteiger charge is -2.06. The fraction of sp³-hybridized carbons (Fsp3) is 0.700. The van der Waals surface area contributed by atoms with E-state index in [1.807, 2.05) is 6.92 Å². The Morgan fingerprint density at radius 1 is 1.64 bits per heavy atom. The molecule has 1 unspecified atom stereocenters. The topological polar surface area (TPSA) is 46.3 Å². The van der Waals surface area contributed by atoms with E-state index in [4.69, 9.17) is 4.42 Å². The molecule has 1 aromatic heterocycles. The smallest absolute Gasteiger partial charge is 0.255 e. The van der Waals surface area contributed by atoms with Gasteiger partial charge in [0.1, 0.15) is 6.26 Å². The van der Waals surface area contributed by atoms with Gasteiger partial charge in [0, 0.05) is 5.75 Å². The number of aliphatic hydroxyl groups is 1. The summed E-state index contributed by atoms with van der Waals surface area (Å²) in [6.45, 7) is 4.01. The van der Waals surface area contributed by atoms with Crippen LogP contribution in [-0.2, 0) is 0 Å². The van der Waals surface area contributed by atoms with E-state index >= 15 is 0 Å². The summed E-state index contributed by atoms with van der Waals surface area (Å²) in [4.78, 5) is 4.15. The Hall–Kier alpha value is -0.480. The number of nitrogens with zero attached hydrogens (tertiary/aromatic N) is 1. The second-order valence-electron chi connectivity index (χ2n) is 3.36. The Balaban J connectivity index is 2.20. The van der Waals surface area contributed by atoms with Crippen LogP contribution in [0.5, 0.6) is 0 Å². The van der Waals surface area contributed by atoms with Crippen LogP contribution < -0.4 is 0 Å². The Labute approximate surface area is 88.9 Å². The Kier molecular flexibility index (Phi) is 5.04. The van der Waals surface area contributed by atoms with Crippen LogP contribution in [0.15, 0.2) is 15.9 Å². The molecule has 0 aromatic carbocycles. The van der Waals surface area contributed by atoms with Gasteiger partial charge >= 0.3 is 0 Å². The Bertz CT molecular complexity index is 262. The normalized spacial score (nSPS) is 13.1. The third-order valence-corrected chi connectivity index (χ3v) is 2.87. The maximum absolute atomic E-state index is 9.56. The van der Waals surface area contributed by atoms with Crippen LogP contribution in [0.2, 0.25) is 0 Å². The van der Waals surface area contributed by atoms with E-state index in [9.17, 15) is 5.11 Å². The SMILES string of the molecule is CCCCC(O)CSc1nc(C)co1. The van der Waals surface area contributed by atoms with Crippen molar-refractivity contribution in [3.63, 3.8) is 0 Å². The van der Waals surface area contributed by atoms with Crippen molar-refractivity contribution in [2.75, 3.05) is 5.75 Å². The molecule has 3 nitrogen and oxygen atoms in total. The van der Waals surface area contributed by atoms with Crippen LogP contribution in [0.1, 0.15) is 31.9 Å². The van der Waals surface area contributed by atoms with E-state index in [0.717, 1.165) is 25.0 Å². The first-order chi connectivity index (χ1) is 6.72. The molecule has 0 bridgehead atoms. The molecule has 0 saturated carbocycles. The molecule has 0 fully saturated rings. The highest BCUT2D eigenvalue weighted by molar-refractivity contribution is 7.99. The number of oxazole rings is 1. The molecule has 0 aliphatic rings. The fourth-order valence-electron chi connectivity index (χ4n) is 1.09. The van der Waals surface area contributed by atoms with Gasteiger partial charge in [-0.05, 0) is 13.3 Å². The van der Waals surface area contributed by atoms with Crippen molar-refractivity contribution >= 4 is 11.8 Å². The first-order valence-corrected chi connectivity index (χ1v) is 5.94. The molecular weight excluding hydrogens is 198 g/mol. The quantitative estimate of drug-likeness (QED) is 0.741. The average molecular weight is 215 g/mol. The molecule has 0 saturated heterocycles. The van der Waals surface area contributed by atoms with Crippen molar-refractivity contribution in [3.8, 4) is 0 Å². The third kappa shape index (κ3) is 4.15. The number of rotatable bonds is 6. The van der Waals surface area contributed by atoms with Gasteiger partial charge in [-0.1, -0.05) is 31.5 Å². The van der Waals surface area contributed by atoms with E-state index < -0.39 is 0 Å². The maximum atomic E-state index is 9.56. The largest absolute Gasteiger partial charge is 0.440 e. The number of thioether (sulfide) groups is 1.